The largest absolute Gasteiger partial charge is 0.454 e. The Hall–Kier alpha value is -4.05. The lowest BCUT2D eigenvalue weighted by Gasteiger charge is -2.34. The van der Waals surface area contributed by atoms with E-state index in [0.717, 1.165) is 11.6 Å². The van der Waals surface area contributed by atoms with Gasteiger partial charge in [0, 0.05) is 16.7 Å². The first-order valence-electron chi connectivity index (χ1n) is 9.91. The van der Waals surface area contributed by atoms with Crippen LogP contribution in [0.4, 0.5) is 5.82 Å². The number of aromatic nitrogens is 2. The molecule has 2 aliphatic rings. The van der Waals surface area contributed by atoms with Crippen LogP contribution in [0.25, 0.3) is 0 Å². The Morgan fingerprint density at radius 3 is 2.66 bits per heavy atom. The normalized spacial score (nSPS) is 22.8. The van der Waals surface area contributed by atoms with Crippen LogP contribution in [0.1, 0.15) is 57.3 Å². The Morgan fingerprint density at radius 1 is 1.22 bits per heavy atom. The number of Topliss-reactive ketones (excluding diaryl/α,β-unsaturated/α-hetero) is 1. The summed E-state index contributed by atoms with van der Waals surface area (Å²) in [6, 6.07) is 12.6. The maximum Gasteiger partial charge on any atom is 0.343 e. The molecular weight excluding hydrogens is 416 g/mol. The van der Waals surface area contributed by atoms with Gasteiger partial charge < -0.3 is 25.3 Å². The average Bonchev–Trinajstić information content (AvgIpc) is 3.40. The SMILES string of the molecule is CC(C)c1ccc2c(c1)OC1(O)c3ccccc3C(=O)C21NC(=O)c1cc([N+](=O)[O-])[nH]n1. The van der Waals surface area contributed by atoms with Crippen LogP contribution in [0.2, 0.25) is 0 Å². The predicted molar refractivity (Wildman–Crippen MR) is 110 cm³/mol. The number of ether oxygens (including phenoxy) is 1. The minimum absolute atomic E-state index is 0.164. The third-order valence-corrected chi connectivity index (χ3v) is 6.01. The molecule has 2 unspecified atom stereocenters. The molecule has 3 aromatic rings. The minimum atomic E-state index is -2.20. The molecule has 32 heavy (non-hydrogen) atoms. The van der Waals surface area contributed by atoms with Crippen molar-refractivity contribution in [3.05, 3.63) is 86.6 Å². The van der Waals surface area contributed by atoms with E-state index in [1.54, 1.807) is 36.4 Å². The molecule has 1 aromatic heterocycles. The van der Waals surface area contributed by atoms with Gasteiger partial charge in [0.25, 0.3) is 11.7 Å². The number of rotatable bonds is 4. The smallest absolute Gasteiger partial charge is 0.343 e. The number of hydrogen-bond acceptors (Lipinski definition) is 7. The van der Waals surface area contributed by atoms with E-state index >= 15 is 0 Å². The van der Waals surface area contributed by atoms with Crippen molar-refractivity contribution in [3.8, 4) is 5.75 Å². The number of fused-ring (bicyclic) bond motifs is 5. The van der Waals surface area contributed by atoms with Crippen molar-refractivity contribution in [3.63, 3.8) is 0 Å². The number of nitrogens with zero attached hydrogens (tertiary/aromatic N) is 2. The van der Waals surface area contributed by atoms with Crippen molar-refractivity contribution < 1.29 is 24.4 Å². The molecule has 0 radical (unpaired) electrons. The van der Waals surface area contributed by atoms with Crippen LogP contribution in [-0.2, 0) is 11.3 Å². The van der Waals surface area contributed by atoms with Crippen LogP contribution < -0.4 is 10.1 Å². The fourth-order valence-electron chi connectivity index (χ4n) is 4.39. The van der Waals surface area contributed by atoms with Gasteiger partial charge in [-0.3, -0.25) is 9.59 Å². The highest BCUT2D eigenvalue weighted by atomic mass is 16.6. The van der Waals surface area contributed by atoms with E-state index in [-0.39, 0.29) is 28.5 Å². The zero-order valence-corrected chi connectivity index (χ0v) is 17.1. The lowest BCUT2D eigenvalue weighted by molar-refractivity contribution is -0.389. The summed E-state index contributed by atoms with van der Waals surface area (Å²) in [6.07, 6.45) is 0. The first kappa shape index (κ1) is 19.9. The van der Waals surface area contributed by atoms with Crippen molar-refractivity contribution >= 4 is 17.5 Å². The van der Waals surface area contributed by atoms with Crippen LogP contribution in [0.15, 0.2) is 48.5 Å². The number of nitro groups is 1. The van der Waals surface area contributed by atoms with Crippen molar-refractivity contribution in [2.24, 2.45) is 0 Å². The molecule has 0 saturated heterocycles. The second-order valence-corrected chi connectivity index (χ2v) is 8.13. The number of aromatic amines is 1. The van der Waals surface area contributed by atoms with Crippen LogP contribution in [0.3, 0.4) is 0 Å². The number of ketones is 1. The molecule has 3 N–H and O–H groups in total. The third kappa shape index (κ3) is 2.41. The molecule has 0 spiro atoms. The molecule has 1 aliphatic carbocycles. The quantitative estimate of drug-likeness (QED) is 0.422. The van der Waals surface area contributed by atoms with Gasteiger partial charge in [0.15, 0.2) is 5.69 Å². The molecule has 2 aromatic carbocycles. The summed E-state index contributed by atoms with van der Waals surface area (Å²) in [5.41, 5.74) is -0.625. The second kappa shape index (κ2) is 6.47. The third-order valence-electron chi connectivity index (χ3n) is 6.01. The van der Waals surface area contributed by atoms with E-state index in [4.69, 9.17) is 4.74 Å². The van der Waals surface area contributed by atoms with E-state index in [1.807, 2.05) is 19.9 Å². The van der Waals surface area contributed by atoms with Crippen molar-refractivity contribution in [2.45, 2.75) is 31.1 Å². The zero-order valence-electron chi connectivity index (χ0n) is 17.1. The number of hydrogen-bond donors (Lipinski definition) is 3. The number of amides is 1. The van der Waals surface area contributed by atoms with Gasteiger partial charge in [-0.05, 0) is 22.5 Å². The molecule has 5 rings (SSSR count). The Balaban J connectivity index is 1.68. The number of H-pyrrole nitrogens is 1. The molecule has 0 saturated carbocycles. The van der Waals surface area contributed by atoms with E-state index in [0.29, 0.717) is 5.56 Å². The van der Waals surface area contributed by atoms with Gasteiger partial charge in [0.05, 0.1) is 6.07 Å². The van der Waals surface area contributed by atoms with Gasteiger partial charge >= 0.3 is 5.82 Å². The molecule has 0 fully saturated rings. The predicted octanol–water partition coefficient (Wildman–Crippen LogP) is 2.50. The van der Waals surface area contributed by atoms with Crippen LogP contribution in [0.5, 0.6) is 5.75 Å². The van der Waals surface area contributed by atoms with E-state index in [1.165, 1.54) is 0 Å². The van der Waals surface area contributed by atoms with Crippen LogP contribution in [-0.4, -0.2) is 31.9 Å². The Labute approximate surface area is 181 Å². The summed E-state index contributed by atoms with van der Waals surface area (Å²) >= 11 is 0. The van der Waals surface area contributed by atoms with E-state index < -0.39 is 33.8 Å². The summed E-state index contributed by atoms with van der Waals surface area (Å²) in [5.74, 6) is -3.67. The van der Waals surface area contributed by atoms with Crippen LogP contribution in [0, 0.1) is 10.1 Å². The van der Waals surface area contributed by atoms with Gasteiger partial charge in [-0.2, -0.15) is 0 Å². The molecular formula is C22H18N4O6. The first-order valence-corrected chi connectivity index (χ1v) is 9.91. The number of nitrogens with one attached hydrogen (secondary N) is 2. The summed E-state index contributed by atoms with van der Waals surface area (Å²) in [6.45, 7) is 3.99. The van der Waals surface area contributed by atoms with Gasteiger partial charge in [-0.15, -0.1) is 5.10 Å². The lowest BCUT2D eigenvalue weighted by atomic mass is 9.82. The van der Waals surface area contributed by atoms with Gasteiger partial charge in [0.2, 0.25) is 11.3 Å². The Bertz CT molecular complexity index is 1320. The Morgan fingerprint density at radius 2 is 1.97 bits per heavy atom. The van der Waals surface area contributed by atoms with Crippen LogP contribution >= 0.6 is 0 Å². The summed E-state index contributed by atoms with van der Waals surface area (Å²) in [5, 5.41) is 31.1. The maximum atomic E-state index is 13.7. The minimum Gasteiger partial charge on any atom is -0.454 e. The Kier molecular flexibility index (Phi) is 4.02. The van der Waals surface area contributed by atoms with Gasteiger partial charge in [-0.25, -0.2) is 0 Å². The fraction of sp³-hybridized carbons (Fsp3) is 0.227. The van der Waals surface area contributed by atoms with Crippen molar-refractivity contribution in [1.29, 1.82) is 0 Å². The molecule has 0 bridgehead atoms. The van der Waals surface area contributed by atoms with Gasteiger partial charge in [-0.1, -0.05) is 55.3 Å². The standard InChI is InChI=1S/C22H18N4O6/c1-11(2)12-7-8-15-17(9-12)32-22(29)14-6-4-3-5-13(14)19(27)21(15,22)23-20(28)16-10-18(25-24-16)26(30)31/h3-11,29H,1-2H3,(H,23,28)(H,24,25). The monoisotopic (exact) mass is 434 g/mol. The van der Waals surface area contributed by atoms with Gasteiger partial charge in [0.1, 0.15) is 5.75 Å². The molecule has 10 nitrogen and oxygen atoms in total. The van der Waals surface area contributed by atoms with E-state index in [9.17, 15) is 24.8 Å². The number of carbonyl (C=O) groups is 2. The second-order valence-electron chi connectivity index (χ2n) is 8.13. The zero-order chi connectivity index (χ0) is 22.8. The van der Waals surface area contributed by atoms with E-state index in [2.05, 4.69) is 15.5 Å². The number of benzene rings is 2. The van der Waals surface area contributed by atoms with Crippen molar-refractivity contribution in [2.75, 3.05) is 0 Å². The highest BCUT2D eigenvalue weighted by molar-refractivity contribution is 6.13. The molecule has 1 amide bonds. The highest BCUT2D eigenvalue weighted by Gasteiger charge is 2.71. The lowest BCUT2D eigenvalue weighted by Crippen LogP contribution is -2.60. The summed E-state index contributed by atoms with van der Waals surface area (Å²) in [4.78, 5) is 37.0. The summed E-state index contributed by atoms with van der Waals surface area (Å²) in [7, 11) is 0. The fourth-order valence-corrected chi connectivity index (χ4v) is 4.39. The number of carbonyl (C=O) groups excluding carboxylic acids is 2. The molecule has 2 atom stereocenters. The molecule has 10 heteroatoms. The van der Waals surface area contributed by atoms with Crippen molar-refractivity contribution in [1.82, 2.24) is 15.5 Å². The summed E-state index contributed by atoms with van der Waals surface area (Å²) < 4.78 is 5.97. The molecule has 2 heterocycles. The average molecular weight is 434 g/mol. The number of aliphatic hydroxyl groups is 1. The maximum absolute atomic E-state index is 13.7. The molecule has 162 valence electrons. The molecule has 1 aliphatic heterocycles. The topological polar surface area (TPSA) is 147 Å². The first-order chi connectivity index (χ1) is 15.2. The highest BCUT2D eigenvalue weighted by Crippen LogP contribution is 2.58.